The molecule has 1 aromatic carbocycles. The number of carbonyl (C=O) groups excluding carboxylic acids is 1. The number of ether oxygens (including phenoxy) is 1. The van der Waals surface area contributed by atoms with Crippen molar-refractivity contribution in [1.82, 2.24) is 0 Å². The Labute approximate surface area is 99.8 Å². The molecule has 3 nitrogen and oxygen atoms in total. The van der Waals surface area contributed by atoms with Crippen molar-refractivity contribution >= 4 is 11.7 Å². The molecular formula is C13H16FNO2. The highest BCUT2D eigenvalue weighted by Crippen LogP contribution is 2.27. The molecule has 0 atom stereocenters. The summed E-state index contributed by atoms with van der Waals surface area (Å²) in [5, 5.41) is 0. The molecule has 2 N–H and O–H groups in total. The number of halogens is 1. The second-order valence-electron chi connectivity index (χ2n) is 4.59. The molecule has 0 spiro atoms. The second-order valence-corrected chi connectivity index (χ2v) is 4.59. The van der Waals surface area contributed by atoms with E-state index < -0.39 is 11.8 Å². The van der Waals surface area contributed by atoms with Crippen molar-refractivity contribution in [1.29, 1.82) is 0 Å². The number of esters is 1. The maximum Gasteiger partial charge on any atom is 0.341 e. The molecule has 0 saturated heterocycles. The van der Waals surface area contributed by atoms with Crippen molar-refractivity contribution in [3.8, 4) is 0 Å². The lowest BCUT2D eigenvalue weighted by Crippen LogP contribution is -2.20. The van der Waals surface area contributed by atoms with Crippen LogP contribution in [0.2, 0.25) is 0 Å². The van der Waals surface area contributed by atoms with E-state index in [-0.39, 0.29) is 5.56 Å². The standard InChI is InChI=1S/C13H16FNO2/c1-8-5-10(15)6-11(12(8)14)13(16)17-7-9-3-2-4-9/h5-6,9H,2-4,7,15H2,1H3. The summed E-state index contributed by atoms with van der Waals surface area (Å²) in [5.74, 6) is -0.716. The number of anilines is 1. The van der Waals surface area contributed by atoms with Crippen LogP contribution in [-0.2, 0) is 4.74 Å². The molecule has 0 unspecified atom stereocenters. The fourth-order valence-corrected chi connectivity index (χ4v) is 1.88. The minimum Gasteiger partial charge on any atom is -0.462 e. The van der Waals surface area contributed by atoms with E-state index in [4.69, 9.17) is 10.5 Å². The van der Waals surface area contributed by atoms with Gasteiger partial charge in [-0.15, -0.1) is 0 Å². The molecular weight excluding hydrogens is 221 g/mol. The molecule has 1 saturated carbocycles. The molecule has 4 heteroatoms. The normalized spacial score (nSPS) is 15.4. The SMILES string of the molecule is Cc1cc(N)cc(C(=O)OCC2CCC2)c1F. The van der Waals surface area contributed by atoms with Gasteiger partial charge in [0.2, 0.25) is 0 Å². The number of carbonyl (C=O) groups is 1. The van der Waals surface area contributed by atoms with Gasteiger partial charge in [-0.05, 0) is 43.4 Å². The van der Waals surface area contributed by atoms with Gasteiger partial charge in [0.25, 0.3) is 0 Å². The average Bonchev–Trinajstić information content (AvgIpc) is 2.20. The van der Waals surface area contributed by atoms with Crippen LogP contribution in [0.4, 0.5) is 10.1 Å². The zero-order chi connectivity index (χ0) is 12.4. The first-order valence-corrected chi connectivity index (χ1v) is 5.80. The molecule has 1 fully saturated rings. The van der Waals surface area contributed by atoms with Gasteiger partial charge < -0.3 is 10.5 Å². The zero-order valence-electron chi connectivity index (χ0n) is 9.83. The Balaban J connectivity index is 2.07. The third-order valence-corrected chi connectivity index (χ3v) is 3.17. The van der Waals surface area contributed by atoms with Crippen LogP contribution in [-0.4, -0.2) is 12.6 Å². The summed E-state index contributed by atoms with van der Waals surface area (Å²) in [7, 11) is 0. The number of nitrogen functional groups attached to an aromatic ring is 1. The molecule has 0 bridgehead atoms. The molecule has 17 heavy (non-hydrogen) atoms. The maximum atomic E-state index is 13.7. The van der Waals surface area contributed by atoms with Gasteiger partial charge in [0, 0.05) is 5.69 Å². The molecule has 0 aliphatic heterocycles. The minimum absolute atomic E-state index is 0.0678. The largest absolute Gasteiger partial charge is 0.462 e. The van der Waals surface area contributed by atoms with Crippen molar-refractivity contribution in [2.75, 3.05) is 12.3 Å². The van der Waals surface area contributed by atoms with E-state index in [0.29, 0.717) is 23.8 Å². The molecule has 0 heterocycles. The summed E-state index contributed by atoms with van der Waals surface area (Å²) >= 11 is 0. The van der Waals surface area contributed by atoms with E-state index in [0.717, 1.165) is 12.8 Å². The first-order valence-electron chi connectivity index (χ1n) is 5.80. The van der Waals surface area contributed by atoms with Crippen LogP contribution in [0.3, 0.4) is 0 Å². The van der Waals surface area contributed by atoms with Gasteiger partial charge in [-0.1, -0.05) is 6.42 Å². The monoisotopic (exact) mass is 237 g/mol. The van der Waals surface area contributed by atoms with Crippen LogP contribution < -0.4 is 5.73 Å². The Bertz CT molecular complexity index is 441. The van der Waals surface area contributed by atoms with Gasteiger partial charge in [0.05, 0.1) is 12.2 Å². The van der Waals surface area contributed by atoms with Crippen LogP contribution in [0.15, 0.2) is 12.1 Å². The van der Waals surface area contributed by atoms with Gasteiger partial charge in [0.1, 0.15) is 5.82 Å². The van der Waals surface area contributed by atoms with E-state index in [1.54, 1.807) is 6.92 Å². The fourth-order valence-electron chi connectivity index (χ4n) is 1.88. The zero-order valence-corrected chi connectivity index (χ0v) is 9.83. The van der Waals surface area contributed by atoms with Crippen molar-refractivity contribution in [3.05, 3.63) is 29.1 Å². The van der Waals surface area contributed by atoms with Crippen molar-refractivity contribution in [2.24, 2.45) is 5.92 Å². The fraction of sp³-hybridized carbons (Fsp3) is 0.462. The van der Waals surface area contributed by atoms with Gasteiger partial charge >= 0.3 is 5.97 Å². The number of hydrogen-bond donors (Lipinski definition) is 1. The van der Waals surface area contributed by atoms with Crippen LogP contribution in [0.1, 0.15) is 35.2 Å². The summed E-state index contributed by atoms with van der Waals surface area (Å²) in [6.07, 6.45) is 3.37. The lowest BCUT2D eigenvalue weighted by molar-refractivity contribution is 0.0366. The highest BCUT2D eigenvalue weighted by atomic mass is 19.1. The van der Waals surface area contributed by atoms with E-state index in [1.807, 2.05) is 0 Å². The van der Waals surface area contributed by atoms with Crippen molar-refractivity contribution < 1.29 is 13.9 Å². The molecule has 1 aromatic rings. The van der Waals surface area contributed by atoms with E-state index in [9.17, 15) is 9.18 Å². The third kappa shape index (κ3) is 2.57. The van der Waals surface area contributed by atoms with Crippen molar-refractivity contribution in [2.45, 2.75) is 26.2 Å². The Kier molecular flexibility index (Phi) is 3.31. The van der Waals surface area contributed by atoms with Crippen LogP contribution in [0.25, 0.3) is 0 Å². The highest BCUT2D eigenvalue weighted by molar-refractivity contribution is 5.91. The summed E-state index contributed by atoms with van der Waals surface area (Å²) in [4.78, 5) is 11.7. The number of nitrogens with two attached hydrogens (primary N) is 1. The maximum absolute atomic E-state index is 13.7. The summed E-state index contributed by atoms with van der Waals surface area (Å²) in [5.41, 5.74) is 6.25. The van der Waals surface area contributed by atoms with Crippen LogP contribution in [0, 0.1) is 18.7 Å². The lowest BCUT2D eigenvalue weighted by atomic mass is 9.86. The second kappa shape index (κ2) is 4.73. The lowest BCUT2D eigenvalue weighted by Gasteiger charge is -2.24. The topological polar surface area (TPSA) is 52.3 Å². The number of aryl methyl sites for hydroxylation is 1. The van der Waals surface area contributed by atoms with Gasteiger partial charge in [0.15, 0.2) is 0 Å². The molecule has 1 aliphatic carbocycles. The van der Waals surface area contributed by atoms with Crippen LogP contribution in [0.5, 0.6) is 0 Å². The number of benzene rings is 1. The molecule has 92 valence electrons. The van der Waals surface area contributed by atoms with Gasteiger partial charge in [-0.2, -0.15) is 0 Å². The Morgan fingerprint density at radius 2 is 2.24 bits per heavy atom. The third-order valence-electron chi connectivity index (χ3n) is 3.17. The minimum atomic E-state index is -0.621. The quantitative estimate of drug-likeness (QED) is 0.649. The molecule has 2 rings (SSSR count). The van der Waals surface area contributed by atoms with Crippen LogP contribution >= 0.6 is 0 Å². The van der Waals surface area contributed by atoms with E-state index in [1.165, 1.54) is 18.6 Å². The smallest absolute Gasteiger partial charge is 0.341 e. The summed E-state index contributed by atoms with van der Waals surface area (Å²) in [6, 6.07) is 2.82. The van der Waals surface area contributed by atoms with Gasteiger partial charge in [-0.3, -0.25) is 0 Å². The number of rotatable bonds is 3. The molecule has 0 radical (unpaired) electrons. The molecule has 0 amide bonds. The predicted octanol–water partition coefficient (Wildman–Crippen LogP) is 2.67. The summed E-state index contributed by atoms with van der Waals surface area (Å²) in [6.45, 7) is 1.96. The first kappa shape index (κ1) is 11.9. The molecule has 0 aromatic heterocycles. The molecule has 1 aliphatic rings. The first-order chi connectivity index (χ1) is 8.08. The number of hydrogen-bond acceptors (Lipinski definition) is 3. The van der Waals surface area contributed by atoms with E-state index >= 15 is 0 Å². The van der Waals surface area contributed by atoms with E-state index in [2.05, 4.69) is 0 Å². The highest BCUT2D eigenvalue weighted by Gasteiger charge is 2.21. The van der Waals surface area contributed by atoms with Gasteiger partial charge in [-0.25, -0.2) is 9.18 Å². The Hall–Kier alpha value is -1.58. The average molecular weight is 237 g/mol. The Morgan fingerprint density at radius 1 is 1.53 bits per heavy atom. The summed E-state index contributed by atoms with van der Waals surface area (Å²) < 4.78 is 18.8. The predicted molar refractivity (Wildman–Crippen MR) is 63.2 cm³/mol. The Morgan fingerprint density at radius 3 is 2.82 bits per heavy atom. The van der Waals surface area contributed by atoms with Crippen molar-refractivity contribution in [3.63, 3.8) is 0 Å².